The van der Waals surface area contributed by atoms with Crippen molar-refractivity contribution in [1.29, 1.82) is 0 Å². The van der Waals surface area contributed by atoms with Crippen molar-refractivity contribution in [3.63, 3.8) is 0 Å². The van der Waals surface area contributed by atoms with Gasteiger partial charge in [0.2, 0.25) is 5.91 Å². The summed E-state index contributed by atoms with van der Waals surface area (Å²) < 4.78 is 5.54. The van der Waals surface area contributed by atoms with Gasteiger partial charge in [-0.05, 0) is 37.6 Å². The number of benzene rings is 1. The zero-order chi connectivity index (χ0) is 15.2. The van der Waals surface area contributed by atoms with Crippen LogP contribution in [-0.4, -0.2) is 23.5 Å². The normalized spacial score (nSPS) is 12.0. The van der Waals surface area contributed by atoms with Gasteiger partial charge in [-0.1, -0.05) is 6.92 Å². The number of nitrogens with one attached hydrogen (secondary N) is 1. The first-order valence-electron chi connectivity index (χ1n) is 6.85. The second-order valence-electron chi connectivity index (χ2n) is 4.69. The number of anilines is 1. The zero-order valence-electron chi connectivity index (χ0n) is 12.1. The van der Waals surface area contributed by atoms with E-state index >= 15 is 0 Å². The third-order valence-corrected chi connectivity index (χ3v) is 3.53. The molecule has 0 fully saturated rings. The fraction of sp³-hybridized carbons (Fsp3) is 0.333. The Morgan fingerprint density at radius 3 is 2.76 bits per heavy atom. The average molecular weight is 305 g/mol. The largest absolute Gasteiger partial charge is 0.494 e. The Hall–Kier alpha value is -1.92. The maximum Gasteiger partial charge on any atom is 0.242 e. The van der Waals surface area contributed by atoms with Gasteiger partial charge >= 0.3 is 0 Å². The van der Waals surface area contributed by atoms with E-state index in [0.717, 1.165) is 23.4 Å². The van der Waals surface area contributed by atoms with E-state index in [4.69, 9.17) is 10.5 Å². The predicted molar refractivity (Wildman–Crippen MR) is 85.6 cm³/mol. The Labute approximate surface area is 128 Å². The molecule has 0 saturated heterocycles. The molecule has 1 aromatic heterocycles. The van der Waals surface area contributed by atoms with Crippen LogP contribution in [0.5, 0.6) is 5.75 Å². The van der Waals surface area contributed by atoms with E-state index < -0.39 is 6.04 Å². The van der Waals surface area contributed by atoms with Crippen LogP contribution >= 0.6 is 11.3 Å². The lowest BCUT2D eigenvalue weighted by Crippen LogP contribution is -2.32. The van der Waals surface area contributed by atoms with Gasteiger partial charge in [-0.15, -0.1) is 11.3 Å². The van der Waals surface area contributed by atoms with E-state index in [9.17, 15) is 4.79 Å². The number of hydrogen-bond acceptors (Lipinski definition) is 5. The first-order chi connectivity index (χ1) is 10.1. The number of ether oxygens (including phenoxy) is 1. The Morgan fingerprint density at radius 1 is 1.43 bits per heavy atom. The molecule has 5 nitrogen and oxygen atoms in total. The van der Waals surface area contributed by atoms with Crippen LogP contribution in [0.4, 0.5) is 5.13 Å². The molecule has 2 rings (SSSR count). The molecule has 0 saturated carbocycles. The summed E-state index contributed by atoms with van der Waals surface area (Å²) in [4.78, 5) is 15.9. The third kappa shape index (κ3) is 4.27. The lowest BCUT2D eigenvalue weighted by Gasteiger charge is -2.05. The highest BCUT2D eigenvalue weighted by atomic mass is 32.1. The Morgan fingerprint density at radius 2 is 2.14 bits per heavy atom. The van der Waals surface area contributed by atoms with Gasteiger partial charge in [0, 0.05) is 10.9 Å². The van der Waals surface area contributed by atoms with Crippen molar-refractivity contribution in [2.75, 3.05) is 11.9 Å². The minimum Gasteiger partial charge on any atom is -0.494 e. The van der Waals surface area contributed by atoms with Crippen LogP contribution in [0.25, 0.3) is 11.3 Å². The fourth-order valence-corrected chi connectivity index (χ4v) is 2.35. The molecule has 0 spiro atoms. The molecule has 3 N–H and O–H groups in total. The van der Waals surface area contributed by atoms with Gasteiger partial charge < -0.3 is 15.8 Å². The molecule has 1 heterocycles. The summed E-state index contributed by atoms with van der Waals surface area (Å²) in [5, 5.41) is 5.15. The maximum absolute atomic E-state index is 11.5. The molecule has 0 bridgehead atoms. The number of carbonyl (C=O) groups is 1. The first-order valence-corrected chi connectivity index (χ1v) is 7.73. The molecule has 0 unspecified atom stereocenters. The molecule has 2 aromatic rings. The van der Waals surface area contributed by atoms with Crippen LogP contribution < -0.4 is 15.8 Å². The van der Waals surface area contributed by atoms with E-state index in [1.807, 2.05) is 29.6 Å². The first kappa shape index (κ1) is 15.5. The van der Waals surface area contributed by atoms with Crippen molar-refractivity contribution in [2.45, 2.75) is 26.3 Å². The molecule has 1 aromatic carbocycles. The topological polar surface area (TPSA) is 77.2 Å². The van der Waals surface area contributed by atoms with Gasteiger partial charge in [0.05, 0.1) is 18.3 Å². The summed E-state index contributed by atoms with van der Waals surface area (Å²) in [7, 11) is 0. The van der Waals surface area contributed by atoms with Crippen LogP contribution in [0.1, 0.15) is 20.3 Å². The summed E-state index contributed by atoms with van der Waals surface area (Å²) in [6.07, 6.45) is 0.983. The minimum absolute atomic E-state index is 0.237. The number of rotatable bonds is 6. The van der Waals surface area contributed by atoms with Gasteiger partial charge in [-0.25, -0.2) is 4.98 Å². The van der Waals surface area contributed by atoms with Crippen LogP contribution in [0, 0.1) is 0 Å². The highest BCUT2D eigenvalue weighted by molar-refractivity contribution is 7.14. The van der Waals surface area contributed by atoms with Crippen LogP contribution in [0.3, 0.4) is 0 Å². The molecule has 6 heteroatoms. The molecule has 0 aliphatic carbocycles. The lowest BCUT2D eigenvalue weighted by atomic mass is 10.2. The molecule has 1 atom stereocenters. The van der Waals surface area contributed by atoms with E-state index in [1.165, 1.54) is 11.3 Å². The van der Waals surface area contributed by atoms with Crippen molar-refractivity contribution < 1.29 is 9.53 Å². The Balaban J connectivity index is 2.05. The second-order valence-corrected chi connectivity index (χ2v) is 5.55. The quantitative estimate of drug-likeness (QED) is 0.860. The highest BCUT2D eigenvalue weighted by Crippen LogP contribution is 2.26. The molecule has 0 aliphatic rings. The van der Waals surface area contributed by atoms with Gasteiger partial charge in [-0.2, -0.15) is 0 Å². The summed E-state index contributed by atoms with van der Waals surface area (Å²) in [5.74, 6) is 0.612. The molecule has 21 heavy (non-hydrogen) atoms. The van der Waals surface area contributed by atoms with E-state index in [-0.39, 0.29) is 5.91 Å². The van der Waals surface area contributed by atoms with Crippen LogP contribution in [0.15, 0.2) is 29.6 Å². The smallest absolute Gasteiger partial charge is 0.242 e. The minimum atomic E-state index is -0.549. The molecule has 0 aliphatic heterocycles. The zero-order valence-corrected chi connectivity index (χ0v) is 12.9. The van der Waals surface area contributed by atoms with Gasteiger partial charge in [0.25, 0.3) is 0 Å². The van der Waals surface area contributed by atoms with Crippen molar-refractivity contribution in [3.05, 3.63) is 29.6 Å². The monoisotopic (exact) mass is 305 g/mol. The predicted octanol–water partition coefficient (Wildman–Crippen LogP) is 2.88. The van der Waals surface area contributed by atoms with E-state index in [1.54, 1.807) is 6.92 Å². The van der Waals surface area contributed by atoms with Gasteiger partial charge in [0.1, 0.15) is 5.75 Å². The van der Waals surface area contributed by atoms with Crippen molar-refractivity contribution in [2.24, 2.45) is 5.73 Å². The standard InChI is InChI=1S/C15H19N3O2S/c1-3-8-20-12-6-4-11(5-7-12)13-9-21-15(17-13)18-14(19)10(2)16/h4-7,9-10H,3,8,16H2,1-2H3,(H,17,18,19)/t10-/m0/s1. The van der Waals surface area contributed by atoms with Crippen molar-refractivity contribution in [1.82, 2.24) is 4.98 Å². The molecule has 0 radical (unpaired) electrons. The highest BCUT2D eigenvalue weighted by Gasteiger charge is 2.11. The summed E-state index contributed by atoms with van der Waals surface area (Å²) in [6, 6.07) is 7.20. The summed E-state index contributed by atoms with van der Waals surface area (Å²) in [6.45, 7) is 4.42. The number of thiazole rings is 1. The van der Waals surface area contributed by atoms with Gasteiger partial charge in [-0.3, -0.25) is 4.79 Å². The fourth-order valence-electron chi connectivity index (χ4n) is 1.62. The SMILES string of the molecule is CCCOc1ccc(-c2csc(NC(=O)[C@H](C)N)n2)cc1. The Kier molecular flexibility index (Phi) is 5.30. The molecule has 112 valence electrons. The van der Waals surface area contributed by atoms with Crippen molar-refractivity contribution in [3.8, 4) is 17.0 Å². The summed E-state index contributed by atoms with van der Waals surface area (Å²) in [5.41, 5.74) is 7.31. The second kappa shape index (κ2) is 7.19. The number of nitrogens with two attached hydrogens (primary N) is 1. The molecule has 1 amide bonds. The summed E-state index contributed by atoms with van der Waals surface area (Å²) >= 11 is 1.38. The van der Waals surface area contributed by atoms with Crippen LogP contribution in [0.2, 0.25) is 0 Å². The van der Waals surface area contributed by atoms with Gasteiger partial charge in [0.15, 0.2) is 5.13 Å². The number of nitrogens with zero attached hydrogens (tertiary/aromatic N) is 1. The number of carbonyl (C=O) groups excluding carboxylic acids is 1. The number of aromatic nitrogens is 1. The molecular weight excluding hydrogens is 286 g/mol. The maximum atomic E-state index is 11.5. The third-order valence-electron chi connectivity index (χ3n) is 2.77. The lowest BCUT2D eigenvalue weighted by molar-refractivity contribution is -0.117. The Bertz CT molecular complexity index is 593. The number of amides is 1. The van der Waals surface area contributed by atoms with Crippen molar-refractivity contribution >= 4 is 22.4 Å². The average Bonchev–Trinajstić information content (AvgIpc) is 2.94. The van der Waals surface area contributed by atoms with E-state index in [2.05, 4.69) is 17.2 Å². The number of hydrogen-bond donors (Lipinski definition) is 2. The molecular formula is C15H19N3O2S. The van der Waals surface area contributed by atoms with E-state index in [0.29, 0.717) is 11.7 Å². The van der Waals surface area contributed by atoms with Crippen LogP contribution in [-0.2, 0) is 4.79 Å².